The highest BCUT2D eigenvalue weighted by molar-refractivity contribution is 6.04. The molecule has 1 aliphatic carbocycles. The van der Waals surface area contributed by atoms with E-state index in [2.05, 4.69) is 5.32 Å². The Kier molecular flexibility index (Phi) is 7.66. The van der Waals surface area contributed by atoms with E-state index in [4.69, 9.17) is 14.2 Å². The number of dihydropyridines is 1. The number of carbonyl (C=O) groups is 2. The summed E-state index contributed by atoms with van der Waals surface area (Å²) in [5, 5.41) is 3.31. The number of hydrogen-bond donors (Lipinski definition) is 1. The fourth-order valence-corrected chi connectivity index (χ4v) is 4.86. The van der Waals surface area contributed by atoms with Gasteiger partial charge in [-0.1, -0.05) is 24.3 Å². The molecule has 0 unspecified atom stereocenters. The number of nitrogens with one attached hydrogen (secondary N) is 1. The van der Waals surface area contributed by atoms with Gasteiger partial charge in [0.1, 0.15) is 18.2 Å². The van der Waals surface area contributed by atoms with E-state index < -0.39 is 17.7 Å². The lowest BCUT2D eigenvalue weighted by Crippen LogP contribution is -2.36. The molecule has 1 N–H and O–H groups in total. The number of ether oxygens (including phenoxy) is 3. The van der Waals surface area contributed by atoms with Gasteiger partial charge in [0.25, 0.3) is 0 Å². The lowest BCUT2D eigenvalue weighted by Gasteiger charge is -2.36. The molecule has 2 aliphatic rings. The van der Waals surface area contributed by atoms with Crippen LogP contribution in [0.1, 0.15) is 49.7 Å². The van der Waals surface area contributed by atoms with Crippen LogP contribution in [0.3, 0.4) is 0 Å². The molecule has 0 amide bonds. The average Bonchev–Trinajstić information content (AvgIpc) is 2.85. The third kappa shape index (κ3) is 5.30. The van der Waals surface area contributed by atoms with Gasteiger partial charge in [-0.15, -0.1) is 0 Å². The van der Waals surface area contributed by atoms with Crippen molar-refractivity contribution in [3.63, 3.8) is 0 Å². The van der Waals surface area contributed by atoms with Gasteiger partial charge in [0.05, 0.1) is 19.3 Å². The predicted molar refractivity (Wildman–Crippen MR) is 129 cm³/mol. The second-order valence-electron chi connectivity index (χ2n) is 8.68. The van der Waals surface area contributed by atoms with E-state index in [1.165, 1.54) is 12.1 Å². The summed E-state index contributed by atoms with van der Waals surface area (Å²) < 4.78 is 30.2. The van der Waals surface area contributed by atoms with Crippen LogP contribution in [0.2, 0.25) is 0 Å². The molecule has 0 bridgehead atoms. The summed E-state index contributed by atoms with van der Waals surface area (Å²) in [6.45, 7) is 4.55. The number of allylic oxidation sites excluding steroid dienone is 3. The summed E-state index contributed by atoms with van der Waals surface area (Å²) in [4.78, 5) is 26.7. The summed E-state index contributed by atoms with van der Waals surface area (Å²) in [6.07, 6.45) is 0.896. The van der Waals surface area contributed by atoms with Gasteiger partial charge < -0.3 is 19.5 Å². The number of methoxy groups -OCH3 is 1. The van der Waals surface area contributed by atoms with Gasteiger partial charge in [0, 0.05) is 35.9 Å². The number of esters is 1. The van der Waals surface area contributed by atoms with Crippen molar-refractivity contribution in [3.8, 4) is 5.75 Å². The Morgan fingerprint density at radius 2 is 1.86 bits per heavy atom. The minimum Gasteiger partial charge on any atom is -0.497 e. The maximum atomic E-state index is 14.2. The van der Waals surface area contributed by atoms with Crippen LogP contribution in [0.25, 0.3) is 0 Å². The van der Waals surface area contributed by atoms with Crippen molar-refractivity contribution in [2.75, 3.05) is 26.9 Å². The first-order valence-corrected chi connectivity index (χ1v) is 11.8. The molecule has 0 spiro atoms. The molecule has 1 aliphatic heterocycles. The predicted octanol–water partition coefficient (Wildman–Crippen LogP) is 4.78. The van der Waals surface area contributed by atoms with Crippen LogP contribution in [0.4, 0.5) is 4.39 Å². The lowest BCUT2D eigenvalue weighted by atomic mass is 9.71. The first-order valence-electron chi connectivity index (χ1n) is 11.8. The van der Waals surface area contributed by atoms with Gasteiger partial charge in [0.15, 0.2) is 5.78 Å². The Bertz CT molecular complexity index is 1170. The van der Waals surface area contributed by atoms with Gasteiger partial charge in [-0.3, -0.25) is 4.79 Å². The molecule has 35 heavy (non-hydrogen) atoms. The molecule has 0 radical (unpaired) electrons. The maximum Gasteiger partial charge on any atom is 0.336 e. The topological polar surface area (TPSA) is 73.9 Å². The number of ketones is 1. The number of benzene rings is 2. The lowest BCUT2D eigenvalue weighted by molar-refractivity contribution is -0.140. The normalized spacial score (nSPS) is 19.8. The van der Waals surface area contributed by atoms with E-state index in [1.54, 1.807) is 26.2 Å². The van der Waals surface area contributed by atoms with Gasteiger partial charge in [-0.2, -0.15) is 0 Å². The van der Waals surface area contributed by atoms with Crippen LogP contribution in [0, 0.1) is 5.82 Å². The van der Waals surface area contributed by atoms with E-state index in [0.29, 0.717) is 41.9 Å². The number of rotatable bonds is 8. The molecule has 0 saturated carbocycles. The largest absolute Gasteiger partial charge is 0.497 e. The molecule has 0 aromatic heterocycles. The Hall–Kier alpha value is -3.45. The quantitative estimate of drug-likeness (QED) is 0.434. The third-order valence-corrected chi connectivity index (χ3v) is 6.48. The second kappa shape index (κ2) is 10.9. The van der Waals surface area contributed by atoms with Crippen LogP contribution in [-0.4, -0.2) is 38.7 Å². The zero-order valence-corrected chi connectivity index (χ0v) is 20.2. The highest BCUT2D eigenvalue weighted by atomic mass is 19.1. The van der Waals surface area contributed by atoms with Crippen LogP contribution < -0.4 is 10.1 Å². The van der Waals surface area contributed by atoms with Crippen LogP contribution in [0.5, 0.6) is 5.75 Å². The van der Waals surface area contributed by atoms with Gasteiger partial charge in [-0.05, 0) is 61.6 Å². The summed E-state index contributed by atoms with van der Waals surface area (Å²) in [5.41, 5.74) is 3.77. The van der Waals surface area contributed by atoms with E-state index in [9.17, 15) is 14.0 Å². The Morgan fingerprint density at radius 1 is 1.09 bits per heavy atom. The number of hydrogen-bond acceptors (Lipinski definition) is 6. The van der Waals surface area contributed by atoms with Crippen molar-refractivity contribution in [3.05, 3.63) is 88.0 Å². The highest BCUT2D eigenvalue weighted by Crippen LogP contribution is 2.45. The van der Waals surface area contributed by atoms with E-state index in [1.807, 2.05) is 31.2 Å². The number of carbonyl (C=O) groups excluding carboxylic acids is 2. The molecule has 1 heterocycles. The highest BCUT2D eigenvalue weighted by Gasteiger charge is 2.41. The van der Waals surface area contributed by atoms with Crippen molar-refractivity contribution in [1.29, 1.82) is 0 Å². The number of halogens is 1. The fraction of sp³-hybridized carbons (Fsp3) is 0.357. The molecule has 2 aromatic rings. The van der Waals surface area contributed by atoms with Crippen molar-refractivity contribution in [2.45, 2.75) is 38.5 Å². The zero-order chi connectivity index (χ0) is 24.9. The monoisotopic (exact) mass is 479 g/mol. The van der Waals surface area contributed by atoms with E-state index >= 15 is 0 Å². The molecular formula is C28H30FNO5. The average molecular weight is 480 g/mol. The number of Topliss-reactive ketones (excluding diaryl/α,β-unsaturated/α-hetero) is 1. The third-order valence-electron chi connectivity index (χ3n) is 6.48. The first-order chi connectivity index (χ1) is 16.9. The smallest absolute Gasteiger partial charge is 0.336 e. The molecule has 184 valence electrons. The van der Waals surface area contributed by atoms with Crippen LogP contribution in [-0.2, 0) is 19.1 Å². The summed E-state index contributed by atoms with van der Waals surface area (Å²) >= 11 is 0. The second-order valence-corrected chi connectivity index (χ2v) is 8.68. The molecule has 0 fully saturated rings. The molecule has 6 nitrogen and oxygen atoms in total. The standard InChI is InChI=1S/C28H30FNO5/c1-4-34-12-13-35-28(32)25-17(2)30-23-15-20(18-8-10-22(33-3)11-9-18)16-24(31)27(23)26(25)19-6-5-7-21(29)14-19/h5-11,14,20,26,30H,4,12-13,15-16H2,1-3H3/t20-,26-/m0/s1. The van der Waals surface area contributed by atoms with Crippen LogP contribution >= 0.6 is 0 Å². The summed E-state index contributed by atoms with van der Waals surface area (Å²) in [7, 11) is 1.61. The van der Waals surface area contributed by atoms with Crippen molar-refractivity contribution >= 4 is 11.8 Å². The maximum absolute atomic E-state index is 14.2. The molecule has 7 heteroatoms. The Balaban J connectivity index is 1.69. The van der Waals surface area contributed by atoms with E-state index in [-0.39, 0.29) is 24.9 Å². The van der Waals surface area contributed by atoms with Crippen molar-refractivity contribution in [1.82, 2.24) is 5.32 Å². The Labute approximate surface area is 204 Å². The van der Waals surface area contributed by atoms with Gasteiger partial charge in [0.2, 0.25) is 0 Å². The summed E-state index contributed by atoms with van der Waals surface area (Å²) in [6, 6.07) is 13.8. The van der Waals surface area contributed by atoms with Crippen molar-refractivity contribution in [2.24, 2.45) is 0 Å². The van der Waals surface area contributed by atoms with Crippen molar-refractivity contribution < 1.29 is 28.2 Å². The van der Waals surface area contributed by atoms with Gasteiger partial charge in [-0.25, -0.2) is 9.18 Å². The molecule has 0 saturated heterocycles. The molecular weight excluding hydrogens is 449 g/mol. The van der Waals surface area contributed by atoms with E-state index in [0.717, 1.165) is 17.0 Å². The zero-order valence-electron chi connectivity index (χ0n) is 20.2. The minimum atomic E-state index is -0.703. The SMILES string of the molecule is CCOCCOC(=O)C1=C(C)NC2=C(C(=O)C[C@@H](c3ccc(OC)cc3)C2)[C@H]1c1cccc(F)c1. The molecule has 2 aromatic carbocycles. The Morgan fingerprint density at radius 3 is 2.54 bits per heavy atom. The van der Waals surface area contributed by atoms with Gasteiger partial charge >= 0.3 is 5.97 Å². The fourth-order valence-electron chi connectivity index (χ4n) is 4.86. The minimum absolute atomic E-state index is 0.0136. The van der Waals surface area contributed by atoms with Crippen LogP contribution in [0.15, 0.2) is 71.1 Å². The summed E-state index contributed by atoms with van der Waals surface area (Å²) in [5.74, 6) is -0.999. The molecule has 2 atom stereocenters. The molecule has 4 rings (SSSR count). The first kappa shape index (κ1) is 24.7.